The van der Waals surface area contributed by atoms with E-state index in [1.54, 1.807) is 18.9 Å². The number of benzene rings is 3. The lowest BCUT2D eigenvalue weighted by molar-refractivity contribution is 0.0910. The maximum atomic E-state index is 13.2. The quantitative estimate of drug-likeness (QED) is 0.389. The Balaban J connectivity index is 1.53. The molecule has 1 heterocycles. The molecule has 2 N–H and O–H groups in total. The highest BCUT2D eigenvalue weighted by Gasteiger charge is 2.32. The van der Waals surface area contributed by atoms with Gasteiger partial charge < -0.3 is 19.9 Å². The van der Waals surface area contributed by atoms with Crippen LogP contribution in [0.4, 0.5) is 0 Å². The van der Waals surface area contributed by atoms with Gasteiger partial charge >= 0.3 is 0 Å². The molecule has 5 rings (SSSR count). The Labute approximate surface area is 197 Å². The first kappa shape index (κ1) is 21.7. The Morgan fingerprint density at radius 3 is 2.35 bits per heavy atom. The average molecular weight is 456 g/mol. The minimum atomic E-state index is -0.805. The second-order valence-corrected chi connectivity index (χ2v) is 8.10. The van der Waals surface area contributed by atoms with Crippen LogP contribution in [0.15, 0.2) is 72.8 Å². The molecule has 1 atom stereocenters. The van der Waals surface area contributed by atoms with Crippen molar-refractivity contribution in [2.75, 3.05) is 20.8 Å². The van der Waals surface area contributed by atoms with Crippen LogP contribution in [0.1, 0.15) is 33.3 Å². The number of ether oxygens (including phenoxy) is 2. The number of carbonyl (C=O) groups excluding carboxylic acids is 1. The molecular weight excluding hydrogens is 430 g/mol. The molecule has 7 nitrogen and oxygen atoms in total. The number of para-hydroxylation sites is 1. The molecule has 3 aromatic carbocycles. The fraction of sp³-hybridized carbons (Fsp3) is 0.185. The second-order valence-electron chi connectivity index (χ2n) is 8.10. The summed E-state index contributed by atoms with van der Waals surface area (Å²) in [5.74, 6) is 0.933. The zero-order chi connectivity index (χ0) is 23.7. The molecule has 0 unspecified atom stereocenters. The molecule has 172 valence electrons. The van der Waals surface area contributed by atoms with Gasteiger partial charge in [0.15, 0.2) is 17.2 Å². The number of carbonyl (C=O) groups is 1. The lowest BCUT2D eigenvalue weighted by Crippen LogP contribution is -2.29. The normalized spacial score (nSPS) is 12.6. The third kappa shape index (κ3) is 3.80. The van der Waals surface area contributed by atoms with E-state index in [1.165, 1.54) is 0 Å². The van der Waals surface area contributed by atoms with Gasteiger partial charge in [0.25, 0.3) is 5.91 Å². The van der Waals surface area contributed by atoms with Crippen molar-refractivity contribution < 1.29 is 19.4 Å². The number of methoxy groups -OCH3 is 2. The van der Waals surface area contributed by atoms with Crippen LogP contribution in [0.3, 0.4) is 0 Å². The number of amides is 1. The Kier molecular flexibility index (Phi) is 5.77. The third-order valence-corrected chi connectivity index (χ3v) is 6.07. The van der Waals surface area contributed by atoms with Gasteiger partial charge in [-0.2, -0.15) is 5.10 Å². The number of aliphatic hydroxyl groups excluding tert-OH is 1. The lowest BCUT2D eigenvalue weighted by Gasteiger charge is -2.13. The van der Waals surface area contributed by atoms with Crippen LogP contribution >= 0.6 is 0 Å². The van der Waals surface area contributed by atoms with E-state index in [0.717, 1.165) is 33.6 Å². The summed E-state index contributed by atoms with van der Waals surface area (Å²) in [5, 5.41) is 18.0. The Bertz CT molecular complexity index is 1330. The summed E-state index contributed by atoms with van der Waals surface area (Å²) in [4.78, 5) is 13.2. The van der Waals surface area contributed by atoms with E-state index in [4.69, 9.17) is 14.6 Å². The van der Waals surface area contributed by atoms with E-state index in [2.05, 4.69) is 5.32 Å². The topological polar surface area (TPSA) is 85.6 Å². The van der Waals surface area contributed by atoms with E-state index >= 15 is 0 Å². The molecule has 1 amide bonds. The van der Waals surface area contributed by atoms with Crippen LogP contribution in [0.25, 0.3) is 16.9 Å². The van der Waals surface area contributed by atoms with E-state index in [0.29, 0.717) is 23.6 Å². The highest BCUT2D eigenvalue weighted by molar-refractivity contribution is 5.97. The molecule has 7 heteroatoms. The average Bonchev–Trinajstić information content (AvgIpc) is 3.44. The highest BCUT2D eigenvalue weighted by Crippen LogP contribution is 2.44. The summed E-state index contributed by atoms with van der Waals surface area (Å²) in [6.45, 7) is 0.0877. The first-order chi connectivity index (χ1) is 16.6. The molecule has 34 heavy (non-hydrogen) atoms. The van der Waals surface area contributed by atoms with Crippen LogP contribution < -0.4 is 14.8 Å². The molecule has 0 bridgehead atoms. The van der Waals surface area contributed by atoms with Crippen LogP contribution in [0.2, 0.25) is 0 Å². The van der Waals surface area contributed by atoms with Crippen molar-refractivity contribution in [3.63, 3.8) is 0 Å². The van der Waals surface area contributed by atoms with Crippen molar-refractivity contribution in [2.24, 2.45) is 0 Å². The van der Waals surface area contributed by atoms with Gasteiger partial charge in [-0.1, -0.05) is 48.5 Å². The van der Waals surface area contributed by atoms with Crippen LogP contribution in [0.5, 0.6) is 11.5 Å². The number of nitrogens with zero attached hydrogens (tertiary/aromatic N) is 2. The van der Waals surface area contributed by atoms with Gasteiger partial charge in [0.05, 0.1) is 31.7 Å². The smallest absolute Gasteiger partial charge is 0.272 e. The SMILES string of the molecule is COc1cc2c(cc1OC)-c1c(c(C(=O)NC[C@@H](O)c3ccccc3)nn1-c1ccccc1)C2. The fourth-order valence-electron chi connectivity index (χ4n) is 4.38. The maximum Gasteiger partial charge on any atom is 0.272 e. The number of hydrogen-bond acceptors (Lipinski definition) is 5. The maximum absolute atomic E-state index is 13.2. The molecule has 0 aliphatic heterocycles. The number of fused-ring (bicyclic) bond motifs is 3. The van der Waals surface area contributed by atoms with E-state index in [1.807, 2.05) is 72.8 Å². The van der Waals surface area contributed by atoms with Gasteiger partial charge in [0, 0.05) is 24.1 Å². The molecule has 0 spiro atoms. The minimum Gasteiger partial charge on any atom is -0.493 e. The van der Waals surface area contributed by atoms with Crippen LogP contribution in [-0.2, 0) is 6.42 Å². The molecule has 0 fully saturated rings. The first-order valence-corrected chi connectivity index (χ1v) is 11.0. The zero-order valence-corrected chi connectivity index (χ0v) is 19.0. The van der Waals surface area contributed by atoms with E-state index < -0.39 is 6.10 Å². The molecule has 0 radical (unpaired) electrons. The monoisotopic (exact) mass is 455 g/mol. The number of aliphatic hydroxyl groups is 1. The molecular formula is C27H25N3O4. The zero-order valence-electron chi connectivity index (χ0n) is 19.0. The molecule has 0 saturated carbocycles. The largest absolute Gasteiger partial charge is 0.493 e. The van der Waals surface area contributed by atoms with E-state index in [-0.39, 0.29) is 12.5 Å². The van der Waals surface area contributed by atoms with Gasteiger partial charge in [-0.15, -0.1) is 0 Å². The summed E-state index contributed by atoms with van der Waals surface area (Å²) in [7, 11) is 3.21. The Hall–Kier alpha value is -4.10. The highest BCUT2D eigenvalue weighted by atomic mass is 16.5. The van der Waals surface area contributed by atoms with Crippen LogP contribution in [0, 0.1) is 0 Å². The van der Waals surface area contributed by atoms with Gasteiger partial charge in [-0.3, -0.25) is 4.79 Å². The van der Waals surface area contributed by atoms with Crippen molar-refractivity contribution >= 4 is 5.91 Å². The first-order valence-electron chi connectivity index (χ1n) is 11.0. The Morgan fingerprint density at radius 1 is 1.03 bits per heavy atom. The third-order valence-electron chi connectivity index (χ3n) is 6.07. The molecule has 0 saturated heterocycles. The van der Waals surface area contributed by atoms with Gasteiger partial charge in [0.1, 0.15) is 0 Å². The minimum absolute atomic E-state index is 0.0877. The van der Waals surface area contributed by atoms with Crippen molar-refractivity contribution in [2.45, 2.75) is 12.5 Å². The standard InChI is InChI=1S/C27H25N3O4/c1-33-23-14-18-13-21-25(27(32)28-16-22(31)17-9-5-3-6-10-17)29-30(19-11-7-4-8-12-19)26(21)20(18)15-24(23)34-2/h3-12,14-15,22,31H,13,16H2,1-2H3,(H,28,32)/t22-/m1/s1. The summed E-state index contributed by atoms with van der Waals surface area (Å²) in [5.41, 5.74) is 5.62. The summed E-state index contributed by atoms with van der Waals surface area (Å²) in [6, 6.07) is 22.8. The van der Waals surface area contributed by atoms with Gasteiger partial charge in [0.2, 0.25) is 0 Å². The van der Waals surface area contributed by atoms with E-state index in [9.17, 15) is 9.90 Å². The Morgan fingerprint density at radius 2 is 1.68 bits per heavy atom. The van der Waals surface area contributed by atoms with Crippen LogP contribution in [-0.4, -0.2) is 41.6 Å². The molecule has 4 aromatic rings. The predicted octanol–water partition coefficient (Wildman–Crippen LogP) is 3.92. The number of hydrogen-bond donors (Lipinski definition) is 2. The number of nitrogens with one attached hydrogen (secondary N) is 1. The lowest BCUT2D eigenvalue weighted by atomic mass is 10.1. The van der Waals surface area contributed by atoms with Gasteiger partial charge in [-0.05, 0) is 35.4 Å². The molecule has 1 aromatic heterocycles. The van der Waals surface area contributed by atoms with Crippen molar-refractivity contribution in [3.05, 3.63) is 95.2 Å². The predicted molar refractivity (Wildman–Crippen MR) is 129 cm³/mol. The second kappa shape index (κ2) is 9.03. The molecule has 1 aliphatic rings. The fourth-order valence-corrected chi connectivity index (χ4v) is 4.38. The van der Waals surface area contributed by atoms with Gasteiger partial charge in [-0.25, -0.2) is 4.68 Å². The summed E-state index contributed by atoms with van der Waals surface area (Å²) < 4.78 is 12.8. The summed E-state index contributed by atoms with van der Waals surface area (Å²) >= 11 is 0. The summed E-state index contributed by atoms with van der Waals surface area (Å²) in [6.07, 6.45) is -0.262. The number of rotatable bonds is 7. The van der Waals surface area contributed by atoms with Crippen molar-refractivity contribution in [1.82, 2.24) is 15.1 Å². The molecule has 1 aliphatic carbocycles. The number of aromatic nitrogens is 2. The van der Waals surface area contributed by atoms with Crippen molar-refractivity contribution in [3.8, 4) is 28.4 Å². The van der Waals surface area contributed by atoms with Crippen molar-refractivity contribution in [1.29, 1.82) is 0 Å².